The lowest BCUT2D eigenvalue weighted by Crippen LogP contribution is -2.32. The van der Waals surface area contributed by atoms with Crippen LogP contribution in [-0.2, 0) is 4.79 Å². The molecule has 3 rings (SSSR count). The Morgan fingerprint density at radius 1 is 1.20 bits per heavy atom. The second-order valence-electron chi connectivity index (χ2n) is 5.77. The minimum atomic E-state index is -0.603. The molecule has 0 spiro atoms. The van der Waals surface area contributed by atoms with Crippen LogP contribution in [0, 0.1) is 6.92 Å². The number of nitrogens with one attached hydrogen (secondary N) is 1. The summed E-state index contributed by atoms with van der Waals surface area (Å²) >= 11 is 6.02. The molecule has 1 atom stereocenters. The Bertz CT molecular complexity index is 778. The van der Waals surface area contributed by atoms with Crippen molar-refractivity contribution < 1.29 is 19.0 Å². The maximum absolute atomic E-state index is 12.5. The Hall–Kier alpha value is -2.40. The standard InChI is InChI=1S/C19H20ClNO4/c1-3-16(25-14-5-6-15(20)12(2)10-14)19(22)21-13-4-7-17-18(11-13)24-9-8-23-17/h4-7,10-11,16H,3,8-9H2,1-2H3,(H,21,22)/t16-/m0/s1. The first-order valence-corrected chi connectivity index (χ1v) is 8.58. The maximum atomic E-state index is 12.5. The SMILES string of the molecule is CC[C@H](Oc1ccc(Cl)c(C)c1)C(=O)Nc1ccc2c(c1)OCCO2. The van der Waals surface area contributed by atoms with Crippen molar-refractivity contribution in [2.24, 2.45) is 0 Å². The second kappa shape index (κ2) is 7.66. The highest BCUT2D eigenvalue weighted by molar-refractivity contribution is 6.31. The van der Waals surface area contributed by atoms with E-state index >= 15 is 0 Å². The first-order chi connectivity index (χ1) is 12.1. The third-order valence-corrected chi connectivity index (χ3v) is 4.30. The predicted octanol–water partition coefficient (Wildman–Crippen LogP) is 4.22. The zero-order chi connectivity index (χ0) is 17.8. The molecule has 0 fully saturated rings. The average Bonchev–Trinajstić information content (AvgIpc) is 2.62. The lowest BCUT2D eigenvalue weighted by Gasteiger charge is -2.20. The minimum Gasteiger partial charge on any atom is -0.486 e. The minimum absolute atomic E-state index is 0.216. The van der Waals surface area contributed by atoms with Crippen LogP contribution < -0.4 is 19.5 Å². The Morgan fingerprint density at radius 2 is 1.96 bits per heavy atom. The quantitative estimate of drug-likeness (QED) is 0.866. The molecule has 0 aliphatic carbocycles. The number of carbonyl (C=O) groups excluding carboxylic acids is 1. The van der Waals surface area contributed by atoms with Crippen molar-refractivity contribution in [1.82, 2.24) is 0 Å². The largest absolute Gasteiger partial charge is 0.486 e. The van der Waals surface area contributed by atoms with E-state index in [1.807, 2.05) is 19.9 Å². The number of aryl methyl sites for hydroxylation is 1. The molecular weight excluding hydrogens is 342 g/mol. The van der Waals surface area contributed by atoms with Crippen molar-refractivity contribution in [1.29, 1.82) is 0 Å². The van der Waals surface area contributed by atoms with Gasteiger partial charge in [-0.1, -0.05) is 18.5 Å². The maximum Gasteiger partial charge on any atom is 0.265 e. The Kier molecular flexibility index (Phi) is 5.34. The van der Waals surface area contributed by atoms with Crippen molar-refractivity contribution >= 4 is 23.2 Å². The van der Waals surface area contributed by atoms with Gasteiger partial charge < -0.3 is 19.5 Å². The van der Waals surface area contributed by atoms with Crippen LogP contribution in [0.25, 0.3) is 0 Å². The van der Waals surface area contributed by atoms with E-state index in [0.717, 1.165) is 5.56 Å². The Balaban J connectivity index is 1.68. The Morgan fingerprint density at radius 3 is 2.68 bits per heavy atom. The summed E-state index contributed by atoms with van der Waals surface area (Å²) in [6.45, 7) is 4.83. The lowest BCUT2D eigenvalue weighted by molar-refractivity contribution is -0.122. The summed E-state index contributed by atoms with van der Waals surface area (Å²) in [5.74, 6) is 1.72. The first kappa shape index (κ1) is 17.4. The number of rotatable bonds is 5. The molecule has 1 heterocycles. The number of hydrogen-bond acceptors (Lipinski definition) is 4. The second-order valence-corrected chi connectivity index (χ2v) is 6.18. The molecule has 0 unspecified atom stereocenters. The van der Waals surface area contributed by atoms with Crippen molar-refractivity contribution in [3.8, 4) is 17.2 Å². The first-order valence-electron chi connectivity index (χ1n) is 8.20. The molecule has 5 nitrogen and oxygen atoms in total. The van der Waals surface area contributed by atoms with Crippen molar-refractivity contribution in [2.75, 3.05) is 18.5 Å². The predicted molar refractivity (Wildman–Crippen MR) is 97.0 cm³/mol. The summed E-state index contributed by atoms with van der Waals surface area (Å²) < 4.78 is 16.8. The van der Waals surface area contributed by atoms with Gasteiger partial charge >= 0.3 is 0 Å². The van der Waals surface area contributed by atoms with E-state index < -0.39 is 6.10 Å². The van der Waals surface area contributed by atoms with E-state index in [-0.39, 0.29) is 5.91 Å². The molecule has 1 amide bonds. The highest BCUT2D eigenvalue weighted by Gasteiger charge is 2.20. The third kappa shape index (κ3) is 4.17. The Labute approximate surface area is 151 Å². The molecule has 132 valence electrons. The van der Waals surface area contributed by atoms with E-state index in [2.05, 4.69) is 5.32 Å². The number of hydrogen-bond donors (Lipinski definition) is 1. The van der Waals surface area contributed by atoms with Crippen LogP contribution in [-0.4, -0.2) is 25.2 Å². The molecule has 1 aliphatic rings. The van der Waals surface area contributed by atoms with E-state index in [4.69, 9.17) is 25.8 Å². The van der Waals surface area contributed by atoms with Crippen LogP contribution in [0.3, 0.4) is 0 Å². The molecule has 0 saturated heterocycles. The van der Waals surface area contributed by atoms with Gasteiger partial charge in [-0.25, -0.2) is 0 Å². The normalized spacial score (nSPS) is 13.9. The van der Waals surface area contributed by atoms with Gasteiger partial charge in [-0.05, 0) is 49.2 Å². The molecular formula is C19H20ClNO4. The fourth-order valence-electron chi connectivity index (χ4n) is 2.52. The number of carbonyl (C=O) groups is 1. The van der Waals surface area contributed by atoms with Gasteiger partial charge in [0.1, 0.15) is 19.0 Å². The van der Waals surface area contributed by atoms with E-state index in [9.17, 15) is 4.79 Å². The van der Waals surface area contributed by atoms with Gasteiger partial charge in [0.15, 0.2) is 17.6 Å². The summed E-state index contributed by atoms with van der Waals surface area (Å²) in [7, 11) is 0. The van der Waals surface area contributed by atoms with Crippen molar-refractivity contribution in [3.63, 3.8) is 0 Å². The number of anilines is 1. The van der Waals surface area contributed by atoms with Gasteiger partial charge in [-0.3, -0.25) is 4.79 Å². The molecule has 0 saturated carbocycles. The lowest BCUT2D eigenvalue weighted by atomic mass is 10.2. The van der Waals surface area contributed by atoms with Crippen LogP contribution in [0.4, 0.5) is 5.69 Å². The molecule has 0 bridgehead atoms. The molecule has 2 aromatic carbocycles. The molecule has 0 aromatic heterocycles. The smallest absolute Gasteiger partial charge is 0.265 e. The van der Waals surface area contributed by atoms with Gasteiger partial charge in [0.2, 0.25) is 0 Å². The molecule has 6 heteroatoms. The topological polar surface area (TPSA) is 56.8 Å². The highest BCUT2D eigenvalue weighted by Crippen LogP contribution is 2.32. The van der Waals surface area contributed by atoms with Crippen LogP contribution in [0.1, 0.15) is 18.9 Å². The zero-order valence-electron chi connectivity index (χ0n) is 14.2. The summed E-state index contributed by atoms with van der Waals surface area (Å²) in [6, 6.07) is 10.7. The van der Waals surface area contributed by atoms with Crippen molar-refractivity contribution in [2.45, 2.75) is 26.4 Å². The van der Waals surface area contributed by atoms with E-state index in [1.165, 1.54) is 0 Å². The number of halogens is 1. The van der Waals surface area contributed by atoms with Gasteiger partial charge in [0, 0.05) is 16.8 Å². The van der Waals surface area contributed by atoms with E-state index in [1.54, 1.807) is 30.3 Å². The number of fused-ring (bicyclic) bond motifs is 1. The van der Waals surface area contributed by atoms with Gasteiger partial charge in [0.25, 0.3) is 5.91 Å². The summed E-state index contributed by atoms with van der Waals surface area (Å²) in [4.78, 5) is 12.5. The van der Waals surface area contributed by atoms with Crippen LogP contribution in [0.2, 0.25) is 5.02 Å². The van der Waals surface area contributed by atoms with E-state index in [0.29, 0.717) is 47.6 Å². The number of amides is 1. The summed E-state index contributed by atoms with van der Waals surface area (Å²) in [5, 5.41) is 3.53. The van der Waals surface area contributed by atoms with Crippen LogP contribution >= 0.6 is 11.6 Å². The molecule has 25 heavy (non-hydrogen) atoms. The molecule has 2 aromatic rings. The highest BCUT2D eigenvalue weighted by atomic mass is 35.5. The fourth-order valence-corrected chi connectivity index (χ4v) is 2.64. The van der Waals surface area contributed by atoms with Crippen molar-refractivity contribution in [3.05, 3.63) is 47.0 Å². The fraction of sp³-hybridized carbons (Fsp3) is 0.316. The third-order valence-electron chi connectivity index (χ3n) is 3.88. The zero-order valence-corrected chi connectivity index (χ0v) is 14.9. The number of benzene rings is 2. The monoisotopic (exact) mass is 361 g/mol. The molecule has 1 aliphatic heterocycles. The van der Waals surface area contributed by atoms with Crippen LogP contribution in [0.5, 0.6) is 17.2 Å². The summed E-state index contributed by atoms with van der Waals surface area (Å²) in [6.07, 6.45) is -0.0632. The van der Waals surface area contributed by atoms with Gasteiger partial charge in [-0.15, -0.1) is 0 Å². The molecule has 0 radical (unpaired) electrons. The number of ether oxygens (including phenoxy) is 3. The average molecular weight is 362 g/mol. The molecule has 1 N–H and O–H groups in total. The van der Waals surface area contributed by atoms with Crippen LogP contribution in [0.15, 0.2) is 36.4 Å². The van der Waals surface area contributed by atoms with Gasteiger partial charge in [0.05, 0.1) is 0 Å². The van der Waals surface area contributed by atoms with Gasteiger partial charge in [-0.2, -0.15) is 0 Å². The summed E-state index contributed by atoms with van der Waals surface area (Å²) in [5.41, 5.74) is 1.55.